The minimum Gasteiger partial charge on any atom is -0.496 e. The first-order chi connectivity index (χ1) is 13.6. The molecule has 29 heavy (non-hydrogen) atoms. The van der Waals surface area contributed by atoms with Gasteiger partial charge in [-0.3, -0.25) is 4.31 Å². The maximum absolute atomic E-state index is 13.6. The highest BCUT2D eigenvalue weighted by atomic mass is 79.9. The summed E-state index contributed by atoms with van der Waals surface area (Å²) in [5.74, 6) is 1.10. The number of rotatable bonds is 6. The van der Waals surface area contributed by atoms with E-state index in [0.717, 1.165) is 21.3 Å². The molecule has 0 saturated carbocycles. The quantitative estimate of drug-likeness (QED) is 0.672. The smallest absolute Gasteiger partial charge is 0.264 e. The summed E-state index contributed by atoms with van der Waals surface area (Å²) < 4.78 is 40.9. The Balaban J connectivity index is 2.09. The van der Waals surface area contributed by atoms with Crippen LogP contribution in [0, 0.1) is 13.8 Å². The maximum Gasteiger partial charge on any atom is 0.264 e. The molecule has 2 aromatic carbocycles. The lowest BCUT2D eigenvalue weighted by Gasteiger charge is -2.36. The van der Waals surface area contributed by atoms with Crippen LogP contribution in [0.5, 0.6) is 11.5 Å². The third kappa shape index (κ3) is 4.38. The van der Waals surface area contributed by atoms with E-state index in [9.17, 15) is 8.42 Å². The first-order valence-corrected chi connectivity index (χ1v) is 11.4. The van der Waals surface area contributed by atoms with Crippen molar-refractivity contribution in [3.05, 3.63) is 58.2 Å². The number of aryl methyl sites for hydroxylation is 2. The van der Waals surface area contributed by atoms with Crippen LogP contribution in [0.4, 0.5) is 5.69 Å². The number of hydrogen-bond donors (Lipinski definition) is 1. The van der Waals surface area contributed by atoms with Gasteiger partial charge in [-0.15, -0.1) is 0 Å². The number of halogens is 1. The summed E-state index contributed by atoms with van der Waals surface area (Å²) in [4.78, 5) is 0.178. The molecule has 1 atom stereocenters. The van der Waals surface area contributed by atoms with Crippen molar-refractivity contribution in [2.75, 3.05) is 24.5 Å². The highest BCUT2D eigenvalue weighted by Gasteiger charge is 2.35. The van der Waals surface area contributed by atoms with Crippen molar-refractivity contribution in [1.82, 2.24) is 5.32 Å². The topological polar surface area (TPSA) is 67.9 Å². The molecule has 1 aliphatic rings. The predicted octanol–water partition coefficient (Wildman–Crippen LogP) is 4.15. The molecule has 0 radical (unpaired) electrons. The van der Waals surface area contributed by atoms with E-state index >= 15 is 0 Å². The minimum absolute atomic E-state index is 0.178. The molecule has 3 rings (SSSR count). The van der Waals surface area contributed by atoms with E-state index in [4.69, 9.17) is 9.47 Å². The van der Waals surface area contributed by atoms with E-state index in [1.54, 1.807) is 24.3 Å². The summed E-state index contributed by atoms with van der Waals surface area (Å²) in [5.41, 5.74) is 3.04. The number of allylic oxidation sites excluding steroid dienone is 1. The maximum atomic E-state index is 13.6. The molecule has 0 amide bonds. The minimum atomic E-state index is -3.83. The van der Waals surface area contributed by atoms with Gasteiger partial charge in [0.25, 0.3) is 10.0 Å². The fraction of sp³-hybridized carbons (Fsp3) is 0.333. The highest BCUT2D eigenvalue weighted by Crippen LogP contribution is 2.41. The number of benzene rings is 2. The molecule has 1 heterocycles. The molecule has 0 saturated heterocycles. The Morgan fingerprint density at radius 1 is 1.31 bits per heavy atom. The molecular formula is C21H25BrN2O4S. The van der Waals surface area contributed by atoms with Crippen molar-refractivity contribution in [2.45, 2.75) is 31.8 Å². The first kappa shape index (κ1) is 21.5. The average molecular weight is 481 g/mol. The molecule has 0 aliphatic carbocycles. The van der Waals surface area contributed by atoms with E-state index in [0.29, 0.717) is 23.7 Å². The van der Waals surface area contributed by atoms with Crippen LogP contribution in [0.25, 0.3) is 0 Å². The second kappa shape index (κ2) is 8.28. The van der Waals surface area contributed by atoms with Gasteiger partial charge in [-0.1, -0.05) is 28.6 Å². The molecule has 156 valence electrons. The van der Waals surface area contributed by atoms with Gasteiger partial charge >= 0.3 is 0 Å². The Kier molecular flexibility index (Phi) is 6.14. The standard InChI is InChI=1S/C21H25BrN2O4S/c1-13(2)23-11-17-12-24(19-9-16(22)8-15(4)21(19)28-17)29(25,26)18-7-6-14(3)20(10-18)27-5/h6-10,17,23H,1,11-12H2,2-5H3/t17-/m0/s1. The molecule has 6 nitrogen and oxygen atoms in total. The largest absolute Gasteiger partial charge is 0.496 e. The number of anilines is 1. The summed E-state index contributed by atoms with van der Waals surface area (Å²) >= 11 is 3.47. The summed E-state index contributed by atoms with van der Waals surface area (Å²) in [5, 5.41) is 3.14. The van der Waals surface area contributed by atoms with Crippen LogP contribution in [0.15, 0.2) is 52.0 Å². The van der Waals surface area contributed by atoms with Crippen LogP contribution >= 0.6 is 15.9 Å². The van der Waals surface area contributed by atoms with Crippen molar-refractivity contribution in [3.8, 4) is 11.5 Å². The van der Waals surface area contributed by atoms with Gasteiger partial charge in [-0.05, 0) is 50.1 Å². The van der Waals surface area contributed by atoms with Crippen molar-refractivity contribution in [1.29, 1.82) is 0 Å². The summed E-state index contributed by atoms with van der Waals surface area (Å²) in [6.45, 7) is 10.1. The van der Waals surface area contributed by atoms with Gasteiger partial charge in [-0.2, -0.15) is 0 Å². The fourth-order valence-electron chi connectivity index (χ4n) is 3.25. The van der Waals surface area contributed by atoms with Gasteiger partial charge in [0.2, 0.25) is 0 Å². The summed E-state index contributed by atoms with van der Waals surface area (Å²) in [6, 6.07) is 8.60. The Labute approximate surface area is 180 Å². The van der Waals surface area contributed by atoms with Gasteiger partial charge in [0.15, 0.2) is 0 Å². The van der Waals surface area contributed by atoms with E-state index in [1.807, 2.05) is 26.8 Å². The molecular weight excluding hydrogens is 456 g/mol. The molecule has 0 fully saturated rings. The Morgan fingerprint density at radius 2 is 2.03 bits per heavy atom. The van der Waals surface area contributed by atoms with Crippen LogP contribution in [0.2, 0.25) is 0 Å². The molecule has 2 aromatic rings. The number of sulfonamides is 1. The fourth-order valence-corrected chi connectivity index (χ4v) is 5.32. The molecule has 1 N–H and O–H groups in total. The summed E-state index contributed by atoms with van der Waals surface area (Å²) in [7, 11) is -2.30. The normalized spacial score (nSPS) is 16.0. The monoisotopic (exact) mass is 480 g/mol. The first-order valence-electron chi connectivity index (χ1n) is 9.17. The molecule has 0 spiro atoms. The van der Waals surface area contributed by atoms with Crippen molar-refractivity contribution < 1.29 is 17.9 Å². The number of hydrogen-bond acceptors (Lipinski definition) is 5. The van der Waals surface area contributed by atoms with Gasteiger partial charge in [-0.25, -0.2) is 8.42 Å². The lowest BCUT2D eigenvalue weighted by molar-refractivity contribution is 0.198. The third-order valence-corrected chi connectivity index (χ3v) is 6.98. The number of methoxy groups -OCH3 is 1. The van der Waals surface area contributed by atoms with Crippen molar-refractivity contribution >= 4 is 31.6 Å². The number of ether oxygens (including phenoxy) is 2. The zero-order chi connectivity index (χ0) is 21.3. The van der Waals surface area contributed by atoms with Gasteiger partial charge in [0, 0.05) is 16.2 Å². The van der Waals surface area contributed by atoms with Gasteiger partial charge in [0.1, 0.15) is 17.6 Å². The van der Waals surface area contributed by atoms with E-state index in [1.165, 1.54) is 11.4 Å². The molecule has 1 aliphatic heterocycles. The molecule has 0 aromatic heterocycles. The molecule has 0 bridgehead atoms. The predicted molar refractivity (Wildman–Crippen MR) is 118 cm³/mol. The van der Waals surface area contributed by atoms with Gasteiger partial charge in [0.05, 0.1) is 30.8 Å². The Hall–Kier alpha value is -2.19. The number of nitrogens with zero attached hydrogens (tertiary/aromatic N) is 1. The van der Waals surface area contributed by atoms with Crippen LogP contribution in [0.3, 0.4) is 0 Å². The zero-order valence-corrected chi connectivity index (χ0v) is 19.4. The Bertz CT molecular complexity index is 1050. The average Bonchev–Trinajstić information content (AvgIpc) is 2.66. The summed E-state index contributed by atoms with van der Waals surface area (Å²) in [6.07, 6.45) is -0.360. The second-order valence-corrected chi connectivity index (χ2v) is 9.92. The van der Waals surface area contributed by atoms with Crippen molar-refractivity contribution in [2.24, 2.45) is 0 Å². The van der Waals surface area contributed by atoms with Gasteiger partial charge < -0.3 is 14.8 Å². The zero-order valence-electron chi connectivity index (χ0n) is 17.0. The van der Waals surface area contributed by atoms with Crippen molar-refractivity contribution in [3.63, 3.8) is 0 Å². The van der Waals surface area contributed by atoms with E-state index in [2.05, 4.69) is 27.8 Å². The third-order valence-electron chi connectivity index (χ3n) is 4.74. The Morgan fingerprint density at radius 3 is 2.69 bits per heavy atom. The lowest BCUT2D eigenvalue weighted by atomic mass is 10.1. The number of fused-ring (bicyclic) bond motifs is 1. The SMILES string of the molecule is C=C(C)NC[C@H]1CN(S(=O)(=O)c2ccc(C)c(OC)c2)c2cc(Br)cc(C)c2O1. The highest BCUT2D eigenvalue weighted by molar-refractivity contribution is 9.10. The lowest BCUT2D eigenvalue weighted by Crippen LogP contribution is -2.47. The van der Waals surface area contributed by atoms with Crippen LogP contribution in [-0.2, 0) is 10.0 Å². The van der Waals surface area contributed by atoms with Crippen LogP contribution in [-0.4, -0.2) is 34.7 Å². The van der Waals surface area contributed by atoms with Crippen LogP contribution in [0.1, 0.15) is 18.1 Å². The molecule has 8 heteroatoms. The van der Waals surface area contributed by atoms with E-state index < -0.39 is 10.0 Å². The molecule has 0 unspecified atom stereocenters. The van der Waals surface area contributed by atoms with E-state index in [-0.39, 0.29) is 17.5 Å². The second-order valence-electron chi connectivity index (χ2n) is 7.14. The number of nitrogens with one attached hydrogen (secondary N) is 1. The van der Waals surface area contributed by atoms with Crippen LogP contribution < -0.4 is 19.1 Å².